The zero-order chi connectivity index (χ0) is 12.8. The van der Waals surface area contributed by atoms with E-state index in [0.717, 1.165) is 38.5 Å². The minimum Gasteiger partial charge on any atom is -0.377 e. The molecule has 1 aromatic rings. The predicted octanol–water partition coefficient (Wildman–Crippen LogP) is 0.843. The van der Waals surface area contributed by atoms with Crippen LogP contribution in [-0.4, -0.2) is 46.8 Å². The van der Waals surface area contributed by atoms with Crippen LogP contribution in [0.25, 0.3) is 0 Å². The van der Waals surface area contributed by atoms with Gasteiger partial charge in [0.05, 0.1) is 18.1 Å². The van der Waals surface area contributed by atoms with Gasteiger partial charge in [0.15, 0.2) is 0 Å². The highest BCUT2D eigenvalue weighted by Crippen LogP contribution is 2.15. The molecule has 0 amide bonds. The molecule has 0 aliphatic carbocycles. The summed E-state index contributed by atoms with van der Waals surface area (Å²) >= 11 is 0. The standard InChI is InChI=1S/C13H24N4O/c1-2-18-13-4-3-6-16(10-13)8-12-9-17(7-5-14)11-15-12/h9,11,13H,2-8,10,14H2,1H3. The number of likely N-dealkylation sites (tertiary alicyclic amines) is 1. The highest BCUT2D eigenvalue weighted by atomic mass is 16.5. The molecule has 2 heterocycles. The van der Waals surface area contributed by atoms with Crippen molar-refractivity contribution in [2.75, 3.05) is 26.2 Å². The molecule has 0 bridgehead atoms. The Morgan fingerprint density at radius 3 is 3.22 bits per heavy atom. The molecule has 1 fully saturated rings. The van der Waals surface area contributed by atoms with Gasteiger partial charge in [-0.1, -0.05) is 0 Å². The van der Waals surface area contributed by atoms with Crippen LogP contribution in [0.15, 0.2) is 12.5 Å². The first kappa shape index (κ1) is 13.5. The van der Waals surface area contributed by atoms with Crippen LogP contribution in [-0.2, 0) is 17.8 Å². The Morgan fingerprint density at radius 2 is 2.44 bits per heavy atom. The fourth-order valence-corrected chi connectivity index (χ4v) is 2.52. The normalized spacial score (nSPS) is 21.3. The molecular weight excluding hydrogens is 228 g/mol. The van der Waals surface area contributed by atoms with Crippen molar-refractivity contribution in [3.63, 3.8) is 0 Å². The summed E-state index contributed by atoms with van der Waals surface area (Å²) in [6, 6.07) is 0. The quantitative estimate of drug-likeness (QED) is 0.815. The lowest BCUT2D eigenvalue weighted by atomic mass is 10.1. The van der Waals surface area contributed by atoms with Gasteiger partial charge >= 0.3 is 0 Å². The summed E-state index contributed by atoms with van der Waals surface area (Å²) in [5, 5.41) is 0. The van der Waals surface area contributed by atoms with Crippen LogP contribution in [0, 0.1) is 0 Å². The third kappa shape index (κ3) is 3.80. The molecule has 5 nitrogen and oxygen atoms in total. The number of nitrogens with two attached hydrogens (primary N) is 1. The van der Waals surface area contributed by atoms with Crippen molar-refractivity contribution in [2.45, 2.75) is 39.0 Å². The van der Waals surface area contributed by atoms with Crippen LogP contribution in [0.1, 0.15) is 25.5 Å². The number of ether oxygens (including phenoxy) is 1. The van der Waals surface area contributed by atoms with Gasteiger partial charge in [-0.3, -0.25) is 4.90 Å². The molecule has 102 valence electrons. The van der Waals surface area contributed by atoms with Gasteiger partial charge in [-0.2, -0.15) is 0 Å². The van der Waals surface area contributed by atoms with E-state index >= 15 is 0 Å². The lowest BCUT2D eigenvalue weighted by Crippen LogP contribution is -2.39. The molecule has 1 aromatic heterocycles. The van der Waals surface area contributed by atoms with E-state index in [-0.39, 0.29) is 0 Å². The van der Waals surface area contributed by atoms with Crippen molar-refractivity contribution < 1.29 is 4.74 Å². The lowest BCUT2D eigenvalue weighted by molar-refractivity contribution is 0.00334. The van der Waals surface area contributed by atoms with Crippen molar-refractivity contribution in [3.8, 4) is 0 Å². The average Bonchev–Trinajstić information content (AvgIpc) is 2.78. The van der Waals surface area contributed by atoms with Crippen LogP contribution in [0.5, 0.6) is 0 Å². The maximum Gasteiger partial charge on any atom is 0.0950 e. The van der Waals surface area contributed by atoms with Crippen LogP contribution in [0.2, 0.25) is 0 Å². The topological polar surface area (TPSA) is 56.3 Å². The Hall–Kier alpha value is -0.910. The lowest BCUT2D eigenvalue weighted by Gasteiger charge is -2.31. The highest BCUT2D eigenvalue weighted by Gasteiger charge is 2.20. The molecule has 0 aromatic carbocycles. The summed E-state index contributed by atoms with van der Waals surface area (Å²) in [6.07, 6.45) is 6.76. The molecule has 2 N–H and O–H groups in total. The molecular formula is C13H24N4O. The predicted molar refractivity (Wildman–Crippen MR) is 71.2 cm³/mol. The van der Waals surface area contributed by atoms with Crippen molar-refractivity contribution in [2.24, 2.45) is 5.73 Å². The Morgan fingerprint density at radius 1 is 1.56 bits per heavy atom. The van der Waals surface area contributed by atoms with Gasteiger partial charge in [0.1, 0.15) is 0 Å². The van der Waals surface area contributed by atoms with Crippen LogP contribution in [0.4, 0.5) is 0 Å². The molecule has 5 heteroatoms. The third-order valence-electron chi connectivity index (χ3n) is 3.32. The fraction of sp³-hybridized carbons (Fsp3) is 0.769. The molecule has 0 saturated carbocycles. The third-order valence-corrected chi connectivity index (χ3v) is 3.32. The molecule has 0 radical (unpaired) electrons. The molecule has 1 unspecified atom stereocenters. The van der Waals surface area contributed by atoms with Crippen LogP contribution in [0.3, 0.4) is 0 Å². The fourth-order valence-electron chi connectivity index (χ4n) is 2.52. The summed E-state index contributed by atoms with van der Waals surface area (Å²) in [7, 11) is 0. The maximum atomic E-state index is 5.71. The second kappa shape index (κ2) is 6.87. The zero-order valence-corrected chi connectivity index (χ0v) is 11.2. The number of rotatable bonds is 6. The Labute approximate surface area is 109 Å². The van der Waals surface area contributed by atoms with Gasteiger partial charge in [-0.05, 0) is 26.3 Å². The smallest absolute Gasteiger partial charge is 0.0950 e. The van der Waals surface area contributed by atoms with E-state index in [1.54, 1.807) is 0 Å². The SMILES string of the molecule is CCOC1CCCN(Cc2cn(CCN)cn2)C1. The van der Waals surface area contributed by atoms with E-state index in [4.69, 9.17) is 10.5 Å². The average molecular weight is 252 g/mol. The van der Waals surface area contributed by atoms with E-state index < -0.39 is 0 Å². The second-order valence-corrected chi connectivity index (χ2v) is 4.85. The first-order chi connectivity index (χ1) is 8.81. The molecule has 2 rings (SSSR count). The molecule has 1 saturated heterocycles. The first-order valence-corrected chi connectivity index (χ1v) is 6.86. The Kier molecular flexibility index (Phi) is 5.16. The van der Waals surface area contributed by atoms with Gasteiger partial charge < -0.3 is 15.0 Å². The van der Waals surface area contributed by atoms with E-state index in [9.17, 15) is 0 Å². The summed E-state index contributed by atoms with van der Waals surface area (Å²) in [5.74, 6) is 0. The monoisotopic (exact) mass is 252 g/mol. The van der Waals surface area contributed by atoms with Gasteiger partial charge in [-0.25, -0.2) is 4.98 Å². The van der Waals surface area contributed by atoms with Crippen molar-refractivity contribution >= 4 is 0 Å². The molecule has 1 aliphatic heterocycles. The summed E-state index contributed by atoms with van der Waals surface area (Å²) in [5.41, 5.74) is 6.66. The number of piperidine rings is 1. The summed E-state index contributed by atoms with van der Waals surface area (Å²) in [6.45, 7) is 7.46. The highest BCUT2D eigenvalue weighted by molar-refractivity contribution is 4.97. The van der Waals surface area contributed by atoms with E-state index in [1.807, 2.05) is 6.33 Å². The van der Waals surface area contributed by atoms with E-state index in [0.29, 0.717) is 12.6 Å². The summed E-state index contributed by atoms with van der Waals surface area (Å²) < 4.78 is 7.77. The first-order valence-electron chi connectivity index (χ1n) is 6.86. The Bertz CT molecular complexity index is 351. The molecule has 1 aliphatic rings. The molecule has 0 spiro atoms. The zero-order valence-electron chi connectivity index (χ0n) is 11.2. The largest absolute Gasteiger partial charge is 0.377 e. The van der Waals surface area contributed by atoms with Crippen molar-refractivity contribution in [1.82, 2.24) is 14.5 Å². The number of hydrogen-bond donors (Lipinski definition) is 1. The minimum absolute atomic E-state index is 0.398. The second-order valence-electron chi connectivity index (χ2n) is 4.85. The molecule has 1 atom stereocenters. The number of imidazole rings is 1. The minimum atomic E-state index is 0.398. The molecule has 18 heavy (non-hydrogen) atoms. The van der Waals surface area contributed by atoms with Gasteiger partial charge in [-0.15, -0.1) is 0 Å². The van der Waals surface area contributed by atoms with Gasteiger partial charge in [0.25, 0.3) is 0 Å². The number of nitrogens with zero attached hydrogens (tertiary/aromatic N) is 3. The number of aromatic nitrogens is 2. The maximum absolute atomic E-state index is 5.71. The van der Waals surface area contributed by atoms with Gasteiger partial charge in [0.2, 0.25) is 0 Å². The van der Waals surface area contributed by atoms with Crippen LogP contribution < -0.4 is 5.73 Å². The Balaban J connectivity index is 1.84. The van der Waals surface area contributed by atoms with Gasteiger partial charge in [0, 0.05) is 39.0 Å². The van der Waals surface area contributed by atoms with Crippen molar-refractivity contribution in [1.29, 1.82) is 0 Å². The van der Waals surface area contributed by atoms with Crippen molar-refractivity contribution in [3.05, 3.63) is 18.2 Å². The van der Waals surface area contributed by atoms with Crippen LogP contribution >= 0.6 is 0 Å². The van der Waals surface area contributed by atoms with E-state index in [2.05, 4.69) is 27.6 Å². The summed E-state index contributed by atoms with van der Waals surface area (Å²) in [4.78, 5) is 6.85. The van der Waals surface area contributed by atoms with E-state index in [1.165, 1.54) is 12.8 Å². The number of hydrogen-bond acceptors (Lipinski definition) is 4.